The predicted molar refractivity (Wildman–Crippen MR) is 107 cm³/mol. The summed E-state index contributed by atoms with van der Waals surface area (Å²) in [5.74, 6) is -1.45. The van der Waals surface area contributed by atoms with Crippen LogP contribution in [0.4, 0.5) is 10.1 Å². The Morgan fingerprint density at radius 1 is 1.04 bits per heavy atom. The molecule has 0 spiro atoms. The summed E-state index contributed by atoms with van der Waals surface area (Å²) < 4.78 is 13.3. The number of piperazine rings is 1. The first kappa shape index (κ1) is 18.2. The van der Waals surface area contributed by atoms with Crippen molar-refractivity contribution >= 4 is 28.3 Å². The summed E-state index contributed by atoms with van der Waals surface area (Å²) in [6, 6.07) is 10.4. The number of benzene rings is 2. The van der Waals surface area contributed by atoms with Gasteiger partial charge >= 0.3 is 0 Å². The van der Waals surface area contributed by atoms with E-state index >= 15 is 0 Å². The van der Waals surface area contributed by atoms with Gasteiger partial charge in [0.25, 0.3) is 11.7 Å². The molecule has 1 fully saturated rings. The van der Waals surface area contributed by atoms with E-state index in [1.165, 1.54) is 41.2 Å². The molecule has 1 saturated heterocycles. The Labute approximate surface area is 162 Å². The van der Waals surface area contributed by atoms with Crippen LogP contribution < -0.4 is 4.90 Å². The maximum atomic E-state index is 13.3. The number of amides is 1. The third-order valence-electron chi connectivity index (χ3n) is 5.57. The van der Waals surface area contributed by atoms with E-state index in [1.807, 2.05) is 6.07 Å². The highest BCUT2D eigenvalue weighted by Gasteiger charge is 2.28. The van der Waals surface area contributed by atoms with Gasteiger partial charge in [-0.1, -0.05) is 12.1 Å². The molecule has 0 saturated carbocycles. The molecule has 6 heteroatoms. The van der Waals surface area contributed by atoms with Crippen LogP contribution in [0.15, 0.2) is 42.6 Å². The SMILES string of the molecule is Cc1cccc(N2CCN(C(=O)C(=O)c3c[nH]c4cc(F)ccc34)CC2)c1C. The van der Waals surface area contributed by atoms with Crippen molar-refractivity contribution in [3.63, 3.8) is 0 Å². The molecule has 3 aromatic rings. The number of carbonyl (C=O) groups excluding carboxylic acids is 2. The minimum Gasteiger partial charge on any atom is -0.368 e. The number of carbonyl (C=O) groups is 2. The van der Waals surface area contributed by atoms with E-state index in [9.17, 15) is 14.0 Å². The standard InChI is InChI=1S/C22H22FN3O2/c1-14-4-3-5-20(15(14)2)25-8-10-26(11-9-25)22(28)21(27)18-13-24-19-12-16(23)6-7-17(18)19/h3-7,12-13,24H,8-11H2,1-2H3. The minimum absolute atomic E-state index is 0.289. The van der Waals surface area contributed by atoms with Crippen molar-refractivity contribution in [1.29, 1.82) is 0 Å². The van der Waals surface area contributed by atoms with Crippen LogP contribution in [0.2, 0.25) is 0 Å². The molecule has 1 aliphatic heterocycles. The number of H-pyrrole nitrogens is 1. The van der Waals surface area contributed by atoms with Crippen LogP contribution >= 0.6 is 0 Å². The number of nitrogens with zero attached hydrogens (tertiary/aromatic N) is 2. The smallest absolute Gasteiger partial charge is 0.295 e. The topological polar surface area (TPSA) is 56.4 Å². The second-order valence-electron chi connectivity index (χ2n) is 7.22. The first-order valence-electron chi connectivity index (χ1n) is 9.37. The van der Waals surface area contributed by atoms with Gasteiger partial charge in [-0.25, -0.2) is 4.39 Å². The number of anilines is 1. The molecule has 2 aromatic carbocycles. The highest BCUT2D eigenvalue weighted by molar-refractivity contribution is 6.44. The van der Waals surface area contributed by atoms with E-state index < -0.39 is 11.7 Å². The van der Waals surface area contributed by atoms with Gasteiger partial charge in [-0.2, -0.15) is 0 Å². The number of aromatic amines is 1. The third kappa shape index (κ3) is 3.15. The quantitative estimate of drug-likeness (QED) is 0.560. The number of halogens is 1. The molecule has 4 rings (SSSR count). The molecule has 1 amide bonds. The molecule has 0 atom stereocenters. The minimum atomic E-state index is -0.557. The van der Waals surface area contributed by atoms with E-state index in [0.717, 1.165) is 0 Å². The van der Waals surface area contributed by atoms with Gasteiger partial charge in [-0.05, 0) is 49.2 Å². The van der Waals surface area contributed by atoms with Gasteiger partial charge in [0.2, 0.25) is 0 Å². The number of aryl methyl sites for hydroxylation is 1. The highest BCUT2D eigenvalue weighted by Crippen LogP contribution is 2.25. The number of nitrogens with one attached hydrogen (secondary N) is 1. The lowest BCUT2D eigenvalue weighted by molar-refractivity contribution is -0.126. The van der Waals surface area contributed by atoms with Gasteiger partial charge in [0.05, 0.1) is 5.56 Å². The highest BCUT2D eigenvalue weighted by atomic mass is 19.1. The molecule has 5 nitrogen and oxygen atoms in total. The molecule has 0 unspecified atom stereocenters. The second-order valence-corrected chi connectivity index (χ2v) is 7.22. The van der Waals surface area contributed by atoms with Crippen molar-refractivity contribution in [2.45, 2.75) is 13.8 Å². The molecular formula is C22H22FN3O2. The van der Waals surface area contributed by atoms with Crippen LogP contribution in [0.5, 0.6) is 0 Å². The Hall–Kier alpha value is -3.15. The maximum Gasteiger partial charge on any atom is 0.295 e. The van der Waals surface area contributed by atoms with Crippen LogP contribution in [-0.2, 0) is 4.79 Å². The van der Waals surface area contributed by atoms with Crippen molar-refractivity contribution < 1.29 is 14.0 Å². The van der Waals surface area contributed by atoms with Gasteiger partial charge < -0.3 is 14.8 Å². The maximum absolute atomic E-state index is 13.3. The Kier molecular flexibility index (Phi) is 4.63. The van der Waals surface area contributed by atoms with Crippen molar-refractivity contribution in [2.24, 2.45) is 0 Å². The van der Waals surface area contributed by atoms with Crippen LogP contribution in [0, 0.1) is 19.7 Å². The Morgan fingerprint density at radius 2 is 1.79 bits per heavy atom. The number of Topliss-reactive ketones (excluding diaryl/α,β-unsaturated/α-hetero) is 1. The molecule has 28 heavy (non-hydrogen) atoms. The monoisotopic (exact) mass is 379 g/mol. The number of hydrogen-bond donors (Lipinski definition) is 1. The van der Waals surface area contributed by atoms with Crippen molar-refractivity contribution in [1.82, 2.24) is 9.88 Å². The molecular weight excluding hydrogens is 357 g/mol. The summed E-state index contributed by atoms with van der Waals surface area (Å²) in [5.41, 5.74) is 4.45. The summed E-state index contributed by atoms with van der Waals surface area (Å²) in [6.45, 7) is 6.55. The molecule has 1 aliphatic rings. The number of aromatic nitrogens is 1. The van der Waals surface area contributed by atoms with Gasteiger partial charge in [-0.15, -0.1) is 0 Å². The summed E-state index contributed by atoms with van der Waals surface area (Å²) in [6.07, 6.45) is 1.48. The Morgan fingerprint density at radius 3 is 2.54 bits per heavy atom. The fourth-order valence-corrected chi connectivity index (χ4v) is 3.77. The van der Waals surface area contributed by atoms with Gasteiger partial charge in [0.15, 0.2) is 0 Å². The molecule has 1 aromatic heterocycles. The van der Waals surface area contributed by atoms with E-state index in [-0.39, 0.29) is 11.4 Å². The zero-order valence-corrected chi connectivity index (χ0v) is 16.0. The third-order valence-corrected chi connectivity index (χ3v) is 5.57. The van der Waals surface area contributed by atoms with E-state index in [4.69, 9.17) is 0 Å². The van der Waals surface area contributed by atoms with Crippen LogP contribution in [0.1, 0.15) is 21.5 Å². The molecule has 0 bridgehead atoms. The average molecular weight is 379 g/mol. The normalized spacial score (nSPS) is 14.5. The zero-order valence-electron chi connectivity index (χ0n) is 16.0. The summed E-state index contributed by atoms with van der Waals surface area (Å²) in [4.78, 5) is 32.2. The first-order valence-corrected chi connectivity index (χ1v) is 9.37. The largest absolute Gasteiger partial charge is 0.368 e. The number of ketones is 1. The molecule has 0 aliphatic carbocycles. The lowest BCUT2D eigenvalue weighted by atomic mass is 10.1. The molecule has 2 heterocycles. The van der Waals surface area contributed by atoms with Gasteiger partial charge in [0.1, 0.15) is 5.82 Å². The van der Waals surface area contributed by atoms with Gasteiger partial charge in [-0.3, -0.25) is 9.59 Å². The average Bonchev–Trinajstić information content (AvgIpc) is 3.12. The van der Waals surface area contributed by atoms with E-state index in [2.05, 4.69) is 35.9 Å². The first-order chi connectivity index (χ1) is 13.5. The van der Waals surface area contributed by atoms with Crippen LogP contribution in [-0.4, -0.2) is 47.8 Å². The number of hydrogen-bond acceptors (Lipinski definition) is 3. The lowest BCUT2D eigenvalue weighted by Crippen LogP contribution is -2.50. The summed E-state index contributed by atoms with van der Waals surface area (Å²) in [5, 5.41) is 0.564. The predicted octanol–water partition coefficient (Wildman–Crippen LogP) is 3.46. The number of fused-ring (bicyclic) bond motifs is 1. The van der Waals surface area contributed by atoms with Crippen molar-refractivity contribution in [3.8, 4) is 0 Å². The summed E-state index contributed by atoms with van der Waals surface area (Å²) in [7, 11) is 0. The fourth-order valence-electron chi connectivity index (χ4n) is 3.77. The summed E-state index contributed by atoms with van der Waals surface area (Å²) >= 11 is 0. The fraction of sp³-hybridized carbons (Fsp3) is 0.273. The van der Waals surface area contributed by atoms with Crippen LogP contribution in [0.25, 0.3) is 10.9 Å². The van der Waals surface area contributed by atoms with Crippen molar-refractivity contribution in [3.05, 3.63) is 65.1 Å². The number of rotatable bonds is 3. The van der Waals surface area contributed by atoms with E-state index in [1.54, 1.807) is 4.90 Å². The van der Waals surface area contributed by atoms with Crippen molar-refractivity contribution in [2.75, 3.05) is 31.1 Å². The van der Waals surface area contributed by atoms with E-state index in [0.29, 0.717) is 37.1 Å². The lowest BCUT2D eigenvalue weighted by Gasteiger charge is -2.36. The Balaban J connectivity index is 1.47. The van der Waals surface area contributed by atoms with Gasteiger partial charge in [0, 0.05) is 49.0 Å². The Bertz CT molecular complexity index is 1060. The zero-order chi connectivity index (χ0) is 19.8. The van der Waals surface area contributed by atoms with Crippen LogP contribution in [0.3, 0.4) is 0 Å². The second kappa shape index (κ2) is 7.11. The molecule has 1 N–H and O–H groups in total. The molecule has 144 valence electrons. The molecule has 0 radical (unpaired) electrons.